The average Bonchev–Trinajstić information content (AvgIpc) is 2.46. The molecule has 0 saturated heterocycles. The molecule has 0 fully saturated rings. The molecule has 2 aromatic rings. The highest BCUT2D eigenvalue weighted by Crippen LogP contribution is 2.23. The Hall–Kier alpha value is -1.75. The van der Waals surface area contributed by atoms with Crippen LogP contribution in [0.5, 0.6) is 0 Å². The molecule has 1 atom stereocenters. The van der Waals surface area contributed by atoms with Crippen molar-refractivity contribution in [1.29, 1.82) is 0 Å². The molecular weight excluding hydrogens is 323 g/mol. The van der Waals surface area contributed by atoms with Gasteiger partial charge in [0.05, 0.1) is 6.04 Å². The summed E-state index contributed by atoms with van der Waals surface area (Å²) in [5, 5.41) is 0. The summed E-state index contributed by atoms with van der Waals surface area (Å²) in [6.07, 6.45) is 1.56. The van der Waals surface area contributed by atoms with Gasteiger partial charge in [-0.05, 0) is 41.1 Å². The van der Waals surface area contributed by atoms with Crippen LogP contribution in [0.15, 0.2) is 47.1 Å². The van der Waals surface area contributed by atoms with E-state index in [4.69, 9.17) is 0 Å². The van der Waals surface area contributed by atoms with E-state index in [-0.39, 0.29) is 17.8 Å². The summed E-state index contributed by atoms with van der Waals surface area (Å²) in [4.78, 5) is 17.9. The van der Waals surface area contributed by atoms with Crippen molar-refractivity contribution in [2.75, 3.05) is 7.05 Å². The molecule has 0 bridgehead atoms. The van der Waals surface area contributed by atoms with Crippen LogP contribution in [0.4, 0.5) is 4.39 Å². The minimum absolute atomic E-state index is 0.242. The summed E-state index contributed by atoms with van der Waals surface area (Å²) in [5.74, 6) is -0.559. The van der Waals surface area contributed by atoms with E-state index in [1.807, 2.05) is 0 Å². The number of benzene rings is 1. The van der Waals surface area contributed by atoms with Crippen molar-refractivity contribution >= 4 is 21.8 Å². The number of pyridine rings is 1. The summed E-state index contributed by atoms with van der Waals surface area (Å²) in [6.45, 7) is 1.79. The molecule has 0 spiro atoms. The molecule has 5 heteroatoms. The largest absolute Gasteiger partial charge is 0.334 e. The first-order valence-corrected chi connectivity index (χ1v) is 6.93. The molecule has 1 heterocycles. The molecule has 0 radical (unpaired) electrons. The zero-order valence-corrected chi connectivity index (χ0v) is 12.8. The molecule has 0 saturated carbocycles. The molecule has 104 valence electrons. The fraction of sp³-hybridized carbons (Fsp3) is 0.200. The summed E-state index contributed by atoms with van der Waals surface area (Å²) >= 11 is 3.27. The third kappa shape index (κ3) is 3.04. The Bertz CT molecular complexity index is 616. The number of nitrogens with zero attached hydrogens (tertiary/aromatic N) is 2. The first-order valence-electron chi connectivity index (χ1n) is 6.14. The van der Waals surface area contributed by atoms with E-state index in [9.17, 15) is 9.18 Å². The summed E-state index contributed by atoms with van der Waals surface area (Å²) in [6, 6.07) is 9.48. The number of aromatic nitrogens is 1. The third-order valence-electron chi connectivity index (χ3n) is 3.20. The monoisotopic (exact) mass is 336 g/mol. The van der Waals surface area contributed by atoms with Crippen LogP contribution in [-0.4, -0.2) is 22.8 Å². The van der Waals surface area contributed by atoms with Crippen LogP contribution in [0.2, 0.25) is 0 Å². The van der Waals surface area contributed by atoms with Crippen molar-refractivity contribution in [3.05, 3.63) is 64.1 Å². The van der Waals surface area contributed by atoms with Crippen LogP contribution in [0, 0.1) is 5.82 Å². The van der Waals surface area contributed by atoms with Gasteiger partial charge in [-0.1, -0.05) is 18.2 Å². The highest BCUT2D eigenvalue weighted by molar-refractivity contribution is 9.10. The average molecular weight is 337 g/mol. The van der Waals surface area contributed by atoms with Gasteiger partial charge in [0.15, 0.2) is 0 Å². The maximum absolute atomic E-state index is 13.8. The van der Waals surface area contributed by atoms with Crippen LogP contribution >= 0.6 is 15.9 Å². The Balaban J connectivity index is 2.22. The van der Waals surface area contributed by atoms with Crippen molar-refractivity contribution in [3.63, 3.8) is 0 Å². The van der Waals surface area contributed by atoms with Crippen LogP contribution < -0.4 is 0 Å². The highest BCUT2D eigenvalue weighted by Gasteiger charge is 2.21. The van der Waals surface area contributed by atoms with Gasteiger partial charge in [-0.25, -0.2) is 9.37 Å². The molecule has 0 aliphatic rings. The number of hydrogen-bond acceptors (Lipinski definition) is 2. The van der Waals surface area contributed by atoms with E-state index >= 15 is 0 Å². The van der Waals surface area contributed by atoms with Gasteiger partial charge in [0.2, 0.25) is 0 Å². The molecule has 0 aliphatic heterocycles. The first kappa shape index (κ1) is 14.7. The number of carbonyl (C=O) groups excluding carboxylic acids is 1. The lowest BCUT2D eigenvalue weighted by Crippen LogP contribution is -2.30. The molecule has 2 rings (SSSR count). The summed E-state index contributed by atoms with van der Waals surface area (Å²) < 4.78 is 14.6. The second-order valence-corrected chi connectivity index (χ2v) is 5.39. The van der Waals surface area contributed by atoms with Crippen molar-refractivity contribution < 1.29 is 9.18 Å². The van der Waals surface area contributed by atoms with E-state index in [1.165, 1.54) is 11.0 Å². The van der Waals surface area contributed by atoms with Gasteiger partial charge in [-0.3, -0.25) is 4.79 Å². The van der Waals surface area contributed by atoms with E-state index in [1.54, 1.807) is 50.5 Å². The van der Waals surface area contributed by atoms with Crippen molar-refractivity contribution in [2.24, 2.45) is 0 Å². The number of halogens is 2. The smallest absolute Gasteiger partial charge is 0.272 e. The number of rotatable bonds is 3. The lowest BCUT2D eigenvalue weighted by Gasteiger charge is -2.25. The normalized spacial score (nSPS) is 12.0. The van der Waals surface area contributed by atoms with Crippen LogP contribution in [0.3, 0.4) is 0 Å². The van der Waals surface area contributed by atoms with Crippen molar-refractivity contribution in [1.82, 2.24) is 9.88 Å². The van der Waals surface area contributed by atoms with Gasteiger partial charge >= 0.3 is 0 Å². The van der Waals surface area contributed by atoms with Crippen molar-refractivity contribution in [3.8, 4) is 0 Å². The number of carbonyl (C=O) groups is 1. The Morgan fingerprint density at radius 1 is 1.30 bits per heavy atom. The molecule has 0 N–H and O–H groups in total. The van der Waals surface area contributed by atoms with Gasteiger partial charge in [0.25, 0.3) is 5.91 Å². The zero-order chi connectivity index (χ0) is 14.7. The summed E-state index contributed by atoms with van der Waals surface area (Å²) in [7, 11) is 1.64. The SMILES string of the molecule is CC(c1ccccc1F)N(C)C(=O)c1ccc(Br)cn1. The second kappa shape index (κ2) is 6.13. The van der Waals surface area contributed by atoms with E-state index in [0.717, 1.165) is 4.47 Å². The van der Waals surface area contributed by atoms with Gasteiger partial charge in [-0.2, -0.15) is 0 Å². The lowest BCUT2D eigenvalue weighted by atomic mass is 10.1. The topological polar surface area (TPSA) is 33.2 Å². The zero-order valence-electron chi connectivity index (χ0n) is 11.2. The lowest BCUT2D eigenvalue weighted by molar-refractivity contribution is 0.0734. The Morgan fingerprint density at radius 3 is 2.60 bits per heavy atom. The molecule has 1 aromatic carbocycles. The van der Waals surface area contributed by atoms with Crippen molar-refractivity contribution in [2.45, 2.75) is 13.0 Å². The Kier molecular flexibility index (Phi) is 4.49. The molecule has 20 heavy (non-hydrogen) atoms. The van der Waals surface area contributed by atoms with Crippen LogP contribution in [-0.2, 0) is 0 Å². The van der Waals surface area contributed by atoms with E-state index in [2.05, 4.69) is 20.9 Å². The fourth-order valence-corrected chi connectivity index (χ4v) is 2.12. The van der Waals surface area contributed by atoms with E-state index < -0.39 is 0 Å². The molecule has 1 amide bonds. The highest BCUT2D eigenvalue weighted by atomic mass is 79.9. The molecular formula is C15H14BrFN2O. The third-order valence-corrected chi connectivity index (χ3v) is 3.67. The summed E-state index contributed by atoms with van der Waals surface area (Å²) in [5.41, 5.74) is 0.819. The maximum atomic E-state index is 13.8. The molecule has 1 unspecified atom stereocenters. The maximum Gasteiger partial charge on any atom is 0.272 e. The Labute approximate surface area is 125 Å². The Morgan fingerprint density at radius 2 is 2.00 bits per heavy atom. The predicted molar refractivity (Wildman–Crippen MR) is 78.8 cm³/mol. The molecule has 3 nitrogen and oxygen atoms in total. The minimum atomic E-state index is -0.367. The predicted octanol–water partition coefficient (Wildman–Crippen LogP) is 3.82. The molecule has 0 aliphatic carbocycles. The number of amides is 1. The van der Waals surface area contributed by atoms with Crippen LogP contribution in [0.1, 0.15) is 29.0 Å². The molecule has 1 aromatic heterocycles. The van der Waals surface area contributed by atoms with Gasteiger partial charge < -0.3 is 4.90 Å². The quantitative estimate of drug-likeness (QED) is 0.853. The van der Waals surface area contributed by atoms with Crippen LogP contribution in [0.25, 0.3) is 0 Å². The fourth-order valence-electron chi connectivity index (χ4n) is 1.88. The minimum Gasteiger partial charge on any atom is -0.334 e. The second-order valence-electron chi connectivity index (χ2n) is 4.48. The standard InChI is InChI=1S/C15H14BrFN2O/c1-10(12-5-3-4-6-13(12)17)19(2)15(20)14-8-7-11(16)9-18-14/h3-10H,1-2H3. The van der Waals surface area contributed by atoms with Gasteiger partial charge in [-0.15, -0.1) is 0 Å². The number of hydrogen-bond donors (Lipinski definition) is 0. The first-order chi connectivity index (χ1) is 9.50. The van der Waals surface area contributed by atoms with Gasteiger partial charge in [0.1, 0.15) is 11.5 Å². The van der Waals surface area contributed by atoms with E-state index in [0.29, 0.717) is 11.3 Å². The van der Waals surface area contributed by atoms with Gasteiger partial charge in [0, 0.05) is 23.3 Å².